The van der Waals surface area contributed by atoms with Crippen molar-refractivity contribution in [3.05, 3.63) is 64.9 Å². The van der Waals surface area contributed by atoms with Crippen LogP contribution in [0.15, 0.2) is 53.7 Å². The van der Waals surface area contributed by atoms with E-state index in [0.29, 0.717) is 6.54 Å². The fourth-order valence-electron chi connectivity index (χ4n) is 2.01. The predicted octanol–water partition coefficient (Wildman–Crippen LogP) is 3.65. The van der Waals surface area contributed by atoms with E-state index in [1.807, 2.05) is 49.4 Å². The Bertz CT molecular complexity index is 605. The molecule has 0 aliphatic heterocycles. The average molecular weight is 445 g/mol. The van der Waals surface area contributed by atoms with Crippen molar-refractivity contribution < 1.29 is 0 Å². The van der Waals surface area contributed by atoms with Gasteiger partial charge in [0.25, 0.3) is 0 Å². The Morgan fingerprint density at radius 1 is 1.13 bits per heavy atom. The number of benzene rings is 1. The monoisotopic (exact) mass is 444 g/mol. The molecule has 0 radical (unpaired) electrons. The van der Waals surface area contributed by atoms with Crippen LogP contribution in [-0.2, 0) is 13.0 Å². The van der Waals surface area contributed by atoms with Gasteiger partial charge in [0.2, 0.25) is 0 Å². The first kappa shape index (κ1) is 19.7. The summed E-state index contributed by atoms with van der Waals surface area (Å²) in [5, 5.41) is 7.36. The van der Waals surface area contributed by atoms with Crippen LogP contribution in [0.3, 0.4) is 0 Å². The first-order valence-electron chi connectivity index (χ1n) is 7.45. The zero-order valence-corrected chi connectivity index (χ0v) is 16.2. The summed E-state index contributed by atoms with van der Waals surface area (Å²) in [6.45, 7) is 4.20. The van der Waals surface area contributed by atoms with Crippen molar-refractivity contribution >= 4 is 41.5 Å². The van der Waals surface area contributed by atoms with Gasteiger partial charge in [0.05, 0.1) is 12.2 Å². The van der Waals surface area contributed by atoms with Gasteiger partial charge in [0, 0.05) is 24.3 Å². The number of aromatic nitrogens is 1. The summed E-state index contributed by atoms with van der Waals surface area (Å²) < 4.78 is 0. The Balaban J connectivity index is 0.00000264. The van der Waals surface area contributed by atoms with E-state index in [0.717, 1.165) is 41.7 Å². The number of nitrogens with one attached hydrogen (secondary N) is 2. The molecular weight excluding hydrogens is 423 g/mol. The predicted molar refractivity (Wildman–Crippen MR) is 108 cm³/mol. The lowest BCUT2D eigenvalue weighted by atomic mass is 10.1. The second-order valence-corrected chi connectivity index (χ2v) is 5.19. The maximum atomic E-state index is 6.16. The normalized spacial score (nSPS) is 10.8. The third-order valence-corrected chi connectivity index (χ3v) is 3.48. The van der Waals surface area contributed by atoms with Gasteiger partial charge in [0.15, 0.2) is 5.96 Å². The molecule has 6 heteroatoms. The van der Waals surface area contributed by atoms with E-state index in [-0.39, 0.29) is 24.0 Å². The lowest BCUT2D eigenvalue weighted by Crippen LogP contribution is -2.38. The number of hydrogen-bond acceptors (Lipinski definition) is 2. The van der Waals surface area contributed by atoms with Crippen LogP contribution in [-0.4, -0.2) is 24.0 Å². The summed E-state index contributed by atoms with van der Waals surface area (Å²) in [5.74, 6) is 0.792. The largest absolute Gasteiger partial charge is 0.357 e. The Morgan fingerprint density at radius 3 is 2.61 bits per heavy atom. The molecule has 0 saturated carbocycles. The summed E-state index contributed by atoms with van der Waals surface area (Å²) in [6.07, 6.45) is 2.64. The third kappa shape index (κ3) is 7.18. The van der Waals surface area contributed by atoms with Crippen molar-refractivity contribution in [1.29, 1.82) is 0 Å². The minimum Gasteiger partial charge on any atom is -0.357 e. The smallest absolute Gasteiger partial charge is 0.191 e. The van der Waals surface area contributed by atoms with Crippen LogP contribution in [0.25, 0.3) is 0 Å². The molecule has 0 atom stereocenters. The van der Waals surface area contributed by atoms with Crippen LogP contribution in [0.4, 0.5) is 0 Å². The Morgan fingerprint density at radius 2 is 1.91 bits per heavy atom. The van der Waals surface area contributed by atoms with E-state index in [1.54, 1.807) is 6.20 Å². The number of pyridine rings is 1. The van der Waals surface area contributed by atoms with Gasteiger partial charge in [0.1, 0.15) is 0 Å². The molecule has 0 bridgehead atoms. The summed E-state index contributed by atoms with van der Waals surface area (Å²) in [4.78, 5) is 8.81. The highest BCUT2D eigenvalue weighted by Gasteiger charge is 2.01. The van der Waals surface area contributed by atoms with Crippen molar-refractivity contribution in [3.8, 4) is 0 Å². The second-order valence-electron chi connectivity index (χ2n) is 4.78. The van der Waals surface area contributed by atoms with E-state index < -0.39 is 0 Å². The lowest BCUT2D eigenvalue weighted by molar-refractivity contribution is 0.797. The highest BCUT2D eigenvalue weighted by atomic mass is 127. The molecule has 2 N–H and O–H groups in total. The number of guanidine groups is 1. The molecule has 0 fully saturated rings. The number of aliphatic imine (C=N–C) groups is 1. The molecule has 2 rings (SSSR count). The van der Waals surface area contributed by atoms with Gasteiger partial charge in [-0.1, -0.05) is 35.9 Å². The van der Waals surface area contributed by atoms with Crippen molar-refractivity contribution in [2.24, 2.45) is 4.99 Å². The standard InChI is InChI=1S/C17H21ClN4.HI/c1-2-19-17(22-13-15-8-5-6-11-20-15)21-12-10-14-7-3-4-9-16(14)18;/h3-9,11H,2,10,12-13H2,1H3,(H2,19,21,22);1H. The molecule has 1 aromatic carbocycles. The molecule has 0 amide bonds. The van der Waals surface area contributed by atoms with Gasteiger partial charge in [-0.3, -0.25) is 4.98 Å². The molecule has 1 aromatic heterocycles. The van der Waals surface area contributed by atoms with Crippen LogP contribution in [0, 0.1) is 0 Å². The molecule has 1 heterocycles. The summed E-state index contributed by atoms with van der Waals surface area (Å²) in [6, 6.07) is 13.7. The fraction of sp³-hybridized carbons (Fsp3) is 0.294. The molecule has 0 spiro atoms. The van der Waals surface area contributed by atoms with E-state index in [1.165, 1.54) is 0 Å². The van der Waals surface area contributed by atoms with Gasteiger partial charge in [-0.25, -0.2) is 4.99 Å². The highest BCUT2D eigenvalue weighted by molar-refractivity contribution is 14.0. The maximum Gasteiger partial charge on any atom is 0.191 e. The first-order chi connectivity index (χ1) is 10.8. The molecule has 0 unspecified atom stereocenters. The zero-order chi connectivity index (χ0) is 15.6. The van der Waals surface area contributed by atoms with E-state index in [4.69, 9.17) is 11.6 Å². The minimum absolute atomic E-state index is 0. The van der Waals surface area contributed by atoms with Crippen molar-refractivity contribution in [1.82, 2.24) is 15.6 Å². The fourth-order valence-corrected chi connectivity index (χ4v) is 2.24. The molecule has 0 aliphatic rings. The topological polar surface area (TPSA) is 49.3 Å². The Labute approximate surface area is 159 Å². The van der Waals surface area contributed by atoms with E-state index in [2.05, 4.69) is 20.6 Å². The molecule has 0 aliphatic carbocycles. The maximum absolute atomic E-state index is 6.16. The van der Waals surface area contributed by atoms with Crippen LogP contribution in [0.5, 0.6) is 0 Å². The van der Waals surface area contributed by atoms with Gasteiger partial charge >= 0.3 is 0 Å². The summed E-state index contributed by atoms with van der Waals surface area (Å²) in [7, 11) is 0. The zero-order valence-electron chi connectivity index (χ0n) is 13.1. The van der Waals surface area contributed by atoms with Crippen molar-refractivity contribution in [2.75, 3.05) is 13.1 Å². The van der Waals surface area contributed by atoms with Crippen LogP contribution in [0.1, 0.15) is 18.2 Å². The summed E-state index contributed by atoms with van der Waals surface area (Å²) in [5.41, 5.74) is 2.09. The SMILES string of the molecule is CCNC(=NCc1ccccn1)NCCc1ccccc1Cl.I. The Kier molecular flexibility index (Phi) is 9.63. The number of nitrogens with zero attached hydrogens (tertiary/aromatic N) is 2. The highest BCUT2D eigenvalue weighted by Crippen LogP contribution is 2.14. The molecule has 124 valence electrons. The van der Waals surface area contributed by atoms with Gasteiger partial charge in [-0.15, -0.1) is 24.0 Å². The van der Waals surface area contributed by atoms with Crippen molar-refractivity contribution in [2.45, 2.75) is 19.9 Å². The van der Waals surface area contributed by atoms with Gasteiger partial charge in [-0.2, -0.15) is 0 Å². The van der Waals surface area contributed by atoms with Gasteiger partial charge < -0.3 is 10.6 Å². The number of hydrogen-bond donors (Lipinski definition) is 2. The van der Waals surface area contributed by atoms with E-state index in [9.17, 15) is 0 Å². The van der Waals surface area contributed by atoms with Crippen LogP contribution in [0.2, 0.25) is 5.02 Å². The minimum atomic E-state index is 0. The second kappa shape index (κ2) is 11.2. The van der Waals surface area contributed by atoms with Crippen molar-refractivity contribution in [3.63, 3.8) is 0 Å². The first-order valence-corrected chi connectivity index (χ1v) is 7.83. The lowest BCUT2D eigenvalue weighted by Gasteiger charge is -2.11. The molecule has 2 aromatic rings. The van der Waals surface area contributed by atoms with Gasteiger partial charge in [-0.05, 0) is 37.1 Å². The molecular formula is C17H22ClIN4. The number of halogens is 2. The van der Waals surface area contributed by atoms with Crippen LogP contribution >= 0.6 is 35.6 Å². The summed E-state index contributed by atoms with van der Waals surface area (Å²) >= 11 is 6.16. The van der Waals surface area contributed by atoms with E-state index >= 15 is 0 Å². The van der Waals surface area contributed by atoms with Crippen LogP contribution < -0.4 is 10.6 Å². The quantitative estimate of drug-likeness (QED) is 0.406. The third-order valence-electron chi connectivity index (χ3n) is 3.11. The molecule has 0 saturated heterocycles. The molecule has 23 heavy (non-hydrogen) atoms. The molecule has 4 nitrogen and oxygen atoms in total. The average Bonchev–Trinajstić information content (AvgIpc) is 2.55. The Hall–Kier alpha value is -1.34. The number of rotatable bonds is 6.